The first kappa shape index (κ1) is 10.9. The summed E-state index contributed by atoms with van der Waals surface area (Å²) in [7, 11) is 0. The molecule has 0 atom stereocenters. The van der Waals surface area contributed by atoms with E-state index in [0.29, 0.717) is 0 Å². The highest BCUT2D eigenvalue weighted by atomic mass is 16.4. The van der Waals surface area contributed by atoms with E-state index < -0.39 is 0 Å². The fourth-order valence-corrected chi connectivity index (χ4v) is 0.816. The zero-order valence-electron chi connectivity index (χ0n) is 7.07. The molecule has 0 aliphatic heterocycles. The lowest BCUT2D eigenvalue weighted by atomic mass is 10.1. The van der Waals surface area contributed by atoms with E-state index in [-0.39, 0.29) is 7.69 Å². The van der Waals surface area contributed by atoms with Crippen LogP contribution in [0.2, 0.25) is 0 Å². The molecule has 2 nitrogen and oxygen atoms in total. The normalized spacial score (nSPS) is 7.92. The summed E-state index contributed by atoms with van der Waals surface area (Å²) in [6.07, 6.45) is 1.87. The van der Waals surface area contributed by atoms with Gasteiger partial charge in [0.25, 0.3) is 0 Å². The molecule has 1 aromatic carbocycles. The molecule has 0 aliphatic rings. The third-order valence-corrected chi connectivity index (χ3v) is 1.41. The third kappa shape index (κ3) is 3.96. The molecule has 12 heavy (non-hydrogen) atoms. The first-order valence-electron chi connectivity index (χ1n) is 3.54. The van der Waals surface area contributed by atoms with Gasteiger partial charge in [0.05, 0.1) is 0 Å². The average Bonchev–Trinajstić information content (AvgIpc) is 2.07. The van der Waals surface area contributed by atoms with Crippen LogP contribution in [0.15, 0.2) is 30.8 Å². The number of benzene rings is 1. The maximum Gasteiger partial charge on any atom is 0.482 e. The van der Waals surface area contributed by atoms with Crippen LogP contribution in [-0.2, 0) is 0 Å². The van der Waals surface area contributed by atoms with Gasteiger partial charge in [-0.2, -0.15) is 0 Å². The summed E-state index contributed by atoms with van der Waals surface area (Å²) in [5.41, 5.74) is 2.50. The summed E-state index contributed by atoms with van der Waals surface area (Å²) in [4.78, 5) is 0. The second-order valence-corrected chi connectivity index (χ2v) is 2.18. The van der Waals surface area contributed by atoms with Crippen LogP contribution in [0.4, 0.5) is 0 Å². The summed E-state index contributed by atoms with van der Waals surface area (Å²) < 4.78 is 0. The van der Waals surface area contributed by atoms with Crippen molar-refractivity contribution >= 4 is 13.8 Å². The Labute approximate surface area is 73.5 Å². The predicted octanol–water partition coefficient (Wildman–Crippen LogP) is 1.14. The minimum Gasteiger partial charge on any atom is -0.429 e. The Bertz CT molecular complexity index is 236. The predicted molar refractivity (Wildman–Crippen MR) is 51.5 cm³/mol. The lowest BCUT2D eigenvalue weighted by molar-refractivity contribution is 0.448. The minimum absolute atomic E-state index is 0. The van der Waals surface area contributed by atoms with E-state index in [2.05, 4.69) is 25.6 Å². The van der Waals surface area contributed by atoms with Crippen molar-refractivity contribution in [2.24, 2.45) is 0 Å². The highest BCUT2D eigenvalue weighted by Crippen LogP contribution is 2.06. The number of aryl methyl sites for hydroxylation is 1. The van der Waals surface area contributed by atoms with Crippen molar-refractivity contribution in [3.05, 3.63) is 42.0 Å². The number of hydrogen-bond acceptors (Lipinski definition) is 2. The Morgan fingerprint density at radius 1 is 1.33 bits per heavy atom. The summed E-state index contributed by atoms with van der Waals surface area (Å²) in [6.45, 7) is 5.77. The van der Waals surface area contributed by atoms with Crippen molar-refractivity contribution < 1.29 is 10.0 Å². The maximum atomic E-state index is 7.00. The summed E-state index contributed by atoms with van der Waals surface area (Å²) >= 11 is 0. The molecule has 0 heterocycles. The molecule has 2 N–H and O–H groups in total. The van der Waals surface area contributed by atoms with Crippen LogP contribution in [0, 0.1) is 6.92 Å². The van der Waals surface area contributed by atoms with Gasteiger partial charge in [-0.1, -0.05) is 36.9 Å². The molecule has 0 spiro atoms. The molecule has 3 heteroatoms. The van der Waals surface area contributed by atoms with Gasteiger partial charge in [0.2, 0.25) is 0 Å². The van der Waals surface area contributed by atoms with Gasteiger partial charge in [0, 0.05) is 0 Å². The lowest BCUT2D eigenvalue weighted by Gasteiger charge is -1.95. The highest BCUT2D eigenvalue weighted by molar-refractivity contribution is 6.13. The summed E-state index contributed by atoms with van der Waals surface area (Å²) in [5.74, 6) is 0. The second-order valence-electron chi connectivity index (χ2n) is 2.18. The van der Waals surface area contributed by atoms with Crippen molar-refractivity contribution in [2.75, 3.05) is 0 Å². The first-order chi connectivity index (χ1) is 5.76. The molecule has 0 saturated heterocycles. The van der Waals surface area contributed by atoms with Crippen LogP contribution in [-0.4, -0.2) is 17.7 Å². The third-order valence-electron chi connectivity index (χ3n) is 1.41. The topological polar surface area (TPSA) is 40.5 Å². The van der Waals surface area contributed by atoms with Crippen molar-refractivity contribution in [1.82, 2.24) is 0 Å². The fourth-order valence-electron chi connectivity index (χ4n) is 0.816. The highest BCUT2D eigenvalue weighted by Gasteiger charge is 1.86. The van der Waals surface area contributed by atoms with E-state index >= 15 is 0 Å². The van der Waals surface area contributed by atoms with Crippen LogP contribution in [0.25, 0.3) is 6.08 Å². The lowest BCUT2D eigenvalue weighted by Crippen LogP contribution is -1.75. The van der Waals surface area contributed by atoms with Gasteiger partial charge in [0.1, 0.15) is 0 Å². The molecule has 1 aromatic rings. The molecular formula is C9H12BO2. The van der Waals surface area contributed by atoms with Gasteiger partial charge in [-0.05, 0) is 18.1 Å². The van der Waals surface area contributed by atoms with Gasteiger partial charge in [0.15, 0.2) is 0 Å². The smallest absolute Gasteiger partial charge is 0.429 e. The molecule has 1 radical (unpaired) electrons. The van der Waals surface area contributed by atoms with Crippen molar-refractivity contribution in [1.29, 1.82) is 0 Å². The van der Waals surface area contributed by atoms with Crippen LogP contribution < -0.4 is 0 Å². The Morgan fingerprint density at radius 2 is 1.83 bits per heavy atom. The van der Waals surface area contributed by atoms with Crippen LogP contribution in [0.1, 0.15) is 11.1 Å². The molecule has 0 saturated carbocycles. The van der Waals surface area contributed by atoms with Gasteiger partial charge < -0.3 is 10.0 Å². The fraction of sp³-hybridized carbons (Fsp3) is 0.111. The quantitative estimate of drug-likeness (QED) is 0.609. The molecule has 1 rings (SSSR count). The van der Waals surface area contributed by atoms with Gasteiger partial charge in [-0.3, -0.25) is 0 Å². The van der Waals surface area contributed by atoms with E-state index in [1.807, 2.05) is 18.2 Å². The molecule has 0 amide bonds. The van der Waals surface area contributed by atoms with Gasteiger partial charge in [-0.15, -0.1) is 0 Å². The second kappa shape index (κ2) is 6.64. The molecule has 0 aromatic heterocycles. The Hall–Kier alpha value is -1.06. The van der Waals surface area contributed by atoms with Crippen LogP contribution in [0.3, 0.4) is 0 Å². The van der Waals surface area contributed by atoms with Crippen molar-refractivity contribution in [2.45, 2.75) is 6.92 Å². The van der Waals surface area contributed by atoms with E-state index in [0.717, 1.165) is 0 Å². The molecule has 63 valence electrons. The monoisotopic (exact) mass is 163 g/mol. The molecule has 0 bridgehead atoms. The summed E-state index contributed by atoms with van der Waals surface area (Å²) in [5, 5.41) is 14.0. The summed E-state index contributed by atoms with van der Waals surface area (Å²) in [6, 6.07) is 8.19. The average molecular weight is 163 g/mol. The van der Waals surface area contributed by atoms with Crippen molar-refractivity contribution in [3.8, 4) is 0 Å². The van der Waals surface area contributed by atoms with Gasteiger partial charge in [-0.25, -0.2) is 0 Å². The molecule has 0 unspecified atom stereocenters. The van der Waals surface area contributed by atoms with Crippen LogP contribution in [0.5, 0.6) is 0 Å². The van der Waals surface area contributed by atoms with Crippen molar-refractivity contribution in [3.63, 3.8) is 0 Å². The molecule has 0 fully saturated rings. The zero-order chi connectivity index (χ0) is 9.40. The first-order valence-corrected chi connectivity index (χ1v) is 3.54. The van der Waals surface area contributed by atoms with E-state index in [1.165, 1.54) is 11.1 Å². The molecule has 0 aliphatic carbocycles. The maximum absolute atomic E-state index is 7.00. The minimum atomic E-state index is 0. The largest absolute Gasteiger partial charge is 0.482 e. The number of rotatable bonds is 1. The standard InChI is InChI=1S/C9H10.BH2O2/c1-3-9-7-5-4-6-8(9)2;2-1-3/h3-7H,1H2,2H3;2-3H. The Kier molecular flexibility index (Phi) is 6.06. The molecular weight excluding hydrogens is 151 g/mol. The number of hydrogen-bond donors (Lipinski definition) is 2. The van der Waals surface area contributed by atoms with Crippen LogP contribution >= 0.6 is 0 Å². The Balaban J connectivity index is 0.000000354. The van der Waals surface area contributed by atoms with E-state index in [9.17, 15) is 0 Å². The van der Waals surface area contributed by atoms with Gasteiger partial charge >= 0.3 is 7.69 Å². The van der Waals surface area contributed by atoms with E-state index in [1.54, 1.807) is 0 Å². The SMILES string of the molecule is C=Cc1ccccc1C.O[B]O. The van der Waals surface area contributed by atoms with E-state index in [4.69, 9.17) is 10.0 Å². The Morgan fingerprint density at radius 3 is 2.17 bits per heavy atom. The zero-order valence-corrected chi connectivity index (χ0v) is 7.07.